The van der Waals surface area contributed by atoms with Crippen LogP contribution in [-0.4, -0.2) is 22.9 Å². The topological polar surface area (TPSA) is 55.8 Å². The number of hydrogen-bond acceptors (Lipinski definition) is 4. The summed E-state index contributed by atoms with van der Waals surface area (Å²) in [6, 6.07) is 12.5. The minimum atomic E-state index is -4.84. The molecule has 0 radical (unpaired) electrons. The standard InChI is InChI=1S/C31H28F4O4/c32-21-10-6-19(7-11-21)26-27(29(37)20-8-12-22(13-9-20)38-31(33,34)35)23(18-4-1-2-5-18)16-25-28(26)24(36)17-30(39-25)14-3-15-30/h6-13,16,18,24,36H,1-5,14-15,17H2/t24-/m0/s1. The smallest absolute Gasteiger partial charge is 0.487 e. The predicted molar refractivity (Wildman–Crippen MR) is 136 cm³/mol. The van der Waals surface area contributed by atoms with Gasteiger partial charge in [-0.25, -0.2) is 4.39 Å². The number of rotatable bonds is 5. The number of aliphatic hydroxyl groups excluding tert-OH is 1. The molecule has 39 heavy (non-hydrogen) atoms. The maximum absolute atomic E-state index is 14.2. The molecule has 1 atom stereocenters. The van der Waals surface area contributed by atoms with Gasteiger partial charge < -0.3 is 14.6 Å². The number of carbonyl (C=O) groups excluding carboxylic acids is 1. The number of alkyl halides is 3. The minimum Gasteiger partial charge on any atom is -0.487 e. The van der Waals surface area contributed by atoms with E-state index in [4.69, 9.17) is 4.74 Å². The Morgan fingerprint density at radius 1 is 0.974 bits per heavy atom. The van der Waals surface area contributed by atoms with E-state index in [0.29, 0.717) is 34.4 Å². The second-order valence-corrected chi connectivity index (χ2v) is 10.9. The SMILES string of the molecule is O=C(c1ccc(OC(F)(F)F)cc1)c1c(C2CCCC2)cc2c(c1-c1ccc(F)cc1)[C@@H](O)CC1(CCC1)O2. The molecule has 2 saturated carbocycles. The summed E-state index contributed by atoms with van der Waals surface area (Å²) in [5.74, 6) is -0.595. The fourth-order valence-corrected chi connectivity index (χ4v) is 6.39. The minimum absolute atomic E-state index is 0.0845. The van der Waals surface area contributed by atoms with Gasteiger partial charge >= 0.3 is 6.36 Å². The first-order chi connectivity index (χ1) is 18.6. The van der Waals surface area contributed by atoms with Crippen molar-refractivity contribution in [3.05, 3.63) is 82.7 Å². The molecular formula is C31H28F4O4. The maximum atomic E-state index is 14.2. The zero-order valence-corrected chi connectivity index (χ0v) is 21.2. The third-order valence-corrected chi connectivity index (χ3v) is 8.35. The highest BCUT2D eigenvalue weighted by molar-refractivity contribution is 6.14. The van der Waals surface area contributed by atoms with Gasteiger partial charge in [-0.15, -0.1) is 13.2 Å². The van der Waals surface area contributed by atoms with Gasteiger partial charge in [-0.2, -0.15) is 0 Å². The zero-order chi connectivity index (χ0) is 27.4. The molecule has 3 aromatic rings. The lowest BCUT2D eigenvalue weighted by atomic mass is 9.71. The molecule has 1 N–H and O–H groups in total. The van der Waals surface area contributed by atoms with Gasteiger partial charge in [0.05, 0.1) is 6.10 Å². The Labute approximate surface area is 223 Å². The highest BCUT2D eigenvalue weighted by Crippen LogP contribution is 2.54. The zero-order valence-electron chi connectivity index (χ0n) is 21.2. The molecule has 8 heteroatoms. The van der Waals surface area contributed by atoms with Crippen molar-refractivity contribution in [2.75, 3.05) is 0 Å². The Kier molecular flexibility index (Phi) is 6.41. The van der Waals surface area contributed by atoms with Gasteiger partial charge in [0.1, 0.15) is 22.9 Å². The van der Waals surface area contributed by atoms with Gasteiger partial charge in [0.25, 0.3) is 0 Å². The van der Waals surface area contributed by atoms with Crippen molar-refractivity contribution >= 4 is 5.78 Å². The molecule has 1 spiro atoms. The number of halogens is 4. The van der Waals surface area contributed by atoms with Crippen LogP contribution in [0.1, 0.15) is 90.4 Å². The summed E-state index contributed by atoms with van der Waals surface area (Å²) in [5.41, 5.74) is 2.52. The first-order valence-electron chi connectivity index (χ1n) is 13.4. The Morgan fingerprint density at radius 3 is 2.23 bits per heavy atom. The number of carbonyl (C=O) groups is 1. The van der Waals surface area contributed by atoms with Crippen LogP contribution in [0.2, 0.25) is 0 Å². The number of fused-ring (bicyclic) bond motifs is 1. The lowest BCUT2D eigenvalue weighted by Crippen LogP contribution is -2.47. The van der Waals surface area contributed by atoms with Gasteiger partial charge in [0.15, 0.2) is 5.78 Å². The molecule has 2 aliphatic carbocycles. The first kappa shape index (κ1) is 25.9. The monoisotopic (exact) mass is 540 g/mol. The quantitative estimate of drug-likeness (QED) is 0.263. The van der Waals surface area contributed by atoms with Gasteiger partial charge in [-0.05, 0) is 91.6 Å². The molecular weight excluding hydrogens is 512 g/mol. The van der Waals surface area contributed by atoms with Crippen molar-refractivity contribution in [1.82, 2.24) is 0 Å². The summed E-state index contributed by atoms with van der Waals surface area (Å²) in [7, 11) is 0. The normalized spacial score (nSPS) is 20.3. The summed E-state index contributed by atoms with van der Waals surface area (Å²) < 4.78 is 62.5. The summed E-state index contributed by atoms with van der Waals surface area (Å²) >= 11 is 0. The molecule has 0 unspecified atom stereocenters. The van der Waals surface area contributed by atoms with Crippen molar-refractivity contribution < 1.29 is 36.9 Å². The number of hydrogen-bond donors (Lipinski definition) is 1. The third kappa shape index (κ3) is 4.91. The molecule has 204 valence electrons. The Balaban J connectivity index is 1.55. The summed E-state index contributed by atoms with van der Waals surface area (Å²) in [4.78, 5) is 14.2. The number of ketones is 1. The third-order valence-electron chi connectivity index (χ3n) is 8.35. The lowest BCUT2D eigenvalue weighted by molar-refractivity contribution is -0.274. The van der Waals surface area contributed by atoms with Crippen molar-refractivity contribution in [2.45, 2.75) is 75.4 Å². The molecule has 1 aliphatic heterocycles. The summed E-state index contributed by atoms with van der Waals surface area (Å²) in [6.45, 7) is 0. The van der Waals surface area contributed by atoms with Crippen molar-refractivity contribution in [2.24, 2.45) is 0 Å². The molecule has 0 aromatic heterocycles. The number of ether oxygens (including phenoxy) is 2. The second kappa shape index (κ2) is 9.66. The predicted octanol–water partition coefficient (Wildman–Crippen LogP) is 8.02. The molecule has 2 fully saturated rings. The fraction of sp³-hybridized carbons (Fsp3) is 0.387. The van der Waals surface area contributed by atoms with Crippen LogP contribution in [0.5, 0.6) is 11.5 Å². The average molecular weight is 541 g/mol. The van der Waals surface area contributed by atoms with Crippen LogP contribution in [0.15, 0.2) is 54.6 Å². The molecule has 1 heterocycles. The van der Waals surface area contributed by atoms with Crippen molar-refractivity contribution in [3.63, 3.8) is 0 Å². The molecule has 3 aromatic carbocycles. The highest BCUT2D eigenvalue weighted by Gasteiger charge is 2.47. The van der Waals surface area contributed by atoms with E-state index in [0.717, 1.165) is 62.6 Å². The molecule has 0 amide bonds. The van der Waals surface area contributed by atoms with E-state index < -0.39 is 29.6 Å². The van der Waals surface area contributed by atoms with Gasteiger partial charge in [-0.3, -0.25) is 4.79 Å². The van der Waals surface area contributed by atoms with Crippen LogP contribution in [-0.2, 0) is 0 Å². The van der Waals surface area contributed by atoms with E-state index in [-0.39, 0.29) is 17.3 Å². The highest BCUT2D eigenvalue weighted by atomic mass is 19.4. The largest absolute Gasteiger partial charge is 0.573 e. The summed E-state index contributed by atoms with van der Waals surface area (Å²) in [6.07, 6.45) is 1.17. The second-order valence-electron chi connectivity index (χ2n) is 10.9. The average Bonchev–Trinajstić information content (AvgIpc) is 3.41. The van der Waals surface area contributed by atoms with Crippen LogP contribution in [0.4, 0.5) is 17.6 Å². The van der Waals surface area contributed by atoms with Crippen LogP contribution in [0, 0.1) is 5.82 Å². The van der Waals surface area contributed by atoms with E-state index in [2.05, 4.69) is 4.74 Å². The molecule has 0 saturated heterocycles. The van der Waals surface area contributed by atoms with Crippen LogP contribution in [0.3, 0.4) is 0 Å². The van der Waals surface area contributed by atoms with E-state index in [9.17, 15) is 27.5 Å². The number of aliphatic hydroxyl groups is 1. The first-order valence-corrected chi connectivity index (χ1v) is 13.4. The molecule has 4 nitrogen and oxygen atoms in total. The fourth-order valence-electron chi connectivity index (χ4n) is 6.39. The Morgan fingerprint density at radius 2 is 1.64 bits per heavy atom. The van der Waals surface area contributed by atoms with E-state index in [1.807, 2.05) is 6.07 Å². The van der Waals surface area contributed by atoms with Crippen LogP contribution < -0.4 is 9.47 Å². The molecule has 3 aliphatic rings. The Bertz CT molecular complexity index is 1390. The van der Waals surface area contributed by atoms with Gasteiger partial charge in [-0.1, -0.05) is 25.0 Å². The summed E-state index contributed by atoms with van der Waals surface area (Å²) in [5, 5.41) is 11.4. The van der Waals surface area contributed by atoms with Gasteiger partial charge in [0.2, 0.25) is 0 Å². The van der Waals surface area contributed by atoms with Crippen LogP contribution in [0.25, 0.3) is 11.1 Å². The van der Waals surface area contributed by atoms with Gasteiger partial charge in [0, 0.05) is 28.7 Å². The maximum Gasteiger partial charge on any atom is 0.573 e. The lowest BCUT2D eigenvalue weighted by Gasteiger charge is -2.47. The Hall–Kier alpha value is -3.39. The van der Waals surface area contributed by atoms with Crippen LogP contribution >= 0.6 is 0 Å². The van der Waals surface area contributed by atoms with Crippen molar-refractivity contribution in [3.8, 4) is 22.6 Å². The van der Waals surface area contributed by atoms with E-state index in [1.54, 1.807) is 12.1 Å². The number of benzene rings is 3. The van der Waals surface area contributed by atoms with Crippen molar-refractivity contribution in [1.29, 1.82) is 0 Å². The van der Waals surface area contributed by atoms with E-state index >= 15 is 0 Å². The molecule has 6 rings (SSSR count). The van der Waals surface area contributed by atoms with E-state index in [1.165, 1.54) is 24.3 Å². The molecule has 0 bridgehead atoms.